The molecular formula is C13H27N3O. The summed E-state index contributed by atoms with van der Waals surface area (Å²) in [6.07, 6.45) is 2.28. The molecule has 1 amide bonds. The van der Waals surface area contributed by atoms with Crippen molar-refractivity contribution in [2.24, 2.45) is 5.92 Å². The van der Waals surface area contributed by atoms with E-state index in [1.807, 2.05) is 30.9 Å². The van der Waals surface area contributed by atoms with E-state index in [-0.39, 0.29) is 11.9 Å². The summed E-state index contributed by atoms with van der Waals surface area (Å²) in [7, 11) is 5.95. The van der Waals surface area contributed by atoms with Crippen molar-refractivity contribution in [2.75, 3.05) is 34.2 Å². The van der Waals surface area contributed by atoms with Gasteiger partial charge in [0.1, 0.15) is 0 Å². The van der Waals surface area contributed by atoms with Crippen LogP contribution in [0.3, 0.4) is 0 Å². The summed E-state index contributed by atoms with van der Waals surface area (Å²) in [5.41, 5.74) is 0. The van der Waals surface area contributed by atoms with E-state index < -0.39 is 0 Å². The van der Waals surface area contributed by atoms with Crippen LogP contribution < -0.4 is 5.32 Å². The average Bonchev–Trinajstić information content (AvgIpc) is 2.28. The molecule has 0 bridgehead atoms. The number of hydrogen-bond acceptors (Lipinski definition) is 3. The van der Waals surface area contributed by atoms with Crippen molar-refractivity contribution in [1.82, 2.24) is 15.1 Å². The van der Waals surface area contributed by atoms with Crippen LogP contribution in [0.2, 0.25) is 0 Å². The van der Waals surface area contributed by atoms with Gasteiger partial charge >= 0.3 is 0 Å². The Kier molecular flexibility index (Phi) is 5.40. The lowest BCUT2D eigenvalue weighted by Crippen LogP contribution is -2.54. The first-order valence-electron chi connectivity index (χ1n) is 6.59. The fraction of sp³-hybridized carbons (Fsp3) is 0.923. The van der Waals surface area contributed by atoms with E-state index >= 15 is 0 Å². The predicted molar refractivity (Wildman–Crippen MR) is 71.0 cm³/mol. The number of carbonyl (C=O) groups excluding carboxylic acids is 1. The third-order valence-electron chi connectivity index (χ3n) is 3.58. The molecule has 1 heterocycles. The molecule has 1 aliphatic rings. The minimum Gasteiger partial charge on any atom is -0.340 e. The van der Waals surface area contributed by atoms with Crippen molar-refractivity contribution < 1.29 is 4.79 Å². The van der Waals surface area contributed by atoms with Crippen LogP contribution in [0.4, 0.5) is 0 Å². The molecule has 0 radical (unpaired) electrons. The Morgan fingerprint density at radius 1 is 1.41 bits per heavy atom. The maximum atomic E-state index is 12.5. The maximum Gasteiger partial charge on any atom is 0.240 e. The number of hydrogen-bond donors (Lipinski definition) is 1. The molecule has 1 N–H and O–H groups in total. The Bertz CT molecular complexity index is 245. The molecule has 1 unspecified atom stereocenters. The van der Waals surface area contributed by atoms with Gasteiger partial charge in [-0.15, -0.1) is 0 Å². The third-order valence-corrected chi connectivity index (χ3v) is 3.58. The first-order valence-corrected chi connectivity index (χ1v) is 6.59. The van der Waals surface area contributed by atoms with E-state index in [2.05, 4.69) is 19.2 Å². The zero-order valence-corrected chi connectivity index (χ0v) is 11.9. The number of nitrogens with zero attached hydrogens (tertiary/aromatic N) is 2. The zero-order chi connectivity index (χ0) is 13.0. The molecule has 0 aromatic heterocycles. The van der Waals surface area contributed by atoms with Crippen LogP contribution in [0.1, 0.15) is 26.7 Å². The van der Waals surface area contributed by atoms with E-state index in [0.717, 1.165) is 19.5 Å². The summed E-state index contributed by atoms with van der Waals surface area (Å²) >= 11 is 0. The third kappa shape index (κ3) is 3.68. The molecule has 0 aromatic rings. The van der Waals surface area contributed by atoms with Crippen LogP contribution in [0.5, 0.6) is 0 Å². The first kappa shape index (κ1) is 14.5. The minimum atomic E-state index is 0.00519. The van der Waals surface area contributed by atoms with E-state index in [0.29, 0.717) is 12.0 Å². The normalized spacial score (nSPS) is 23.2. The first-order chi connectivity index (χ1) is 7.97. The molecule has 1 rings (SSSR count). The Morgan fingerprint density at radius 2 is 2.06 bits per heavy atom. The van der Waals surface area contributed by atoms with Gasteiger partial charge in [-0.25, -0.2) is 0 Å². The molecule has 0 spiro atoms. The molecule has 100 valence electrons. The van der Waals surface area contributed by atoms with Gasteiger partial charge in [0.25, 0.3) is 0 Å². The molecule has 17 heavy (non-hydrogen) atoms. The van der Waals surface area contributed by atoms with Crippen molar-refractivity contribution in [3.05, 3.63) is 0 Å². The van der Waals surface area contributed by atoms with Gasteiger partial charge in [0.15, 0.2) is 0 Å². The lowest BCUT2D eigenvalue weighted by Gasteiger charge is -2.37. The van der Waals surface area contributed by atoms with Gasteiger partial charge < -0.3 is 10.2 Å². The fourth-order valence-corrected chi connectivity index (χ4v) is 2.70. The van der Waals surface area contributed by atoms with Crippen LogP contribution in [-0.2, 0) is 4.79 Å². The molecule has 1 fully saturated rings. The van der Waals surface area contributed by atoms with Gasteiger partial charge in [-0.05, 0) is 39.9 Å². The van der Waals surface area contributed by atoms with Crippen LogP contribution in [-0.4, -0.2) is 62.0 Å². The molecular weight excluding hydrogens is 214 g/mol. The highest BCUT2D eigenvalue weighted by atomic mass is 16.2. The molecule has 4 nitrogen and oxygen atoms in total. The SMILES string of the molecule is CNC1CCCN(C(=O)[C@@H](C(C)C)N(C)C)C1. The van der Waals surface area contributed by atoms with Crippen LogP contribution in [0, 0.1) is 5.92 Å². The van der Waals surface area contributed by atoms with Crippen molar-refractivity contribution in [3.8, 4) is 0 Å². The average molecular weight is 241 g/mol. The van der Waals surface area contributed by atoms with Crippen LogP contribution in [0.25, 0.3) is 0 Å². The smallest absolute Gasteiger partial charge is 0.240 e. The van der Waals surface area contributed by atoms with Crippen molar-refractivity contribution >= 4 is 5.91 Å². The number of carbonyl (C=O) groups is 1. The molecule has 1 aliphatic heterocycles. The number of nitrogens with one attached hydrogen (secondary N) is 1. The van der Waals surface area contributed by atoms with Crippen molar-refractivity contribution in [1.29, 1.82) is 0 Å². The molecule has 4 heteroatoms. The predicted octanol–water partition coefficient (Wildman–Crippen LogP) is 0.783. The highest BCUT2D eigenvalue weighted by molar-refractivity contribution is 5.82. The number of amides is 1. The topological polar surface area (TPSA) is 35.6 Å². The highest BCUT2D eigenvalue weighted by Gasteiger charge is 2.31. The van der Waals surface area contributed by atoms with Crippen LogP contribution >= 0.6 is 0 Å². The monoisotopic (exact) mass is 241 g/mol. The second kappa shape index (κ2) is 6.36. The van der Waals surface area contributed by atoms with Gasteiger partial charge in [0, 0.05) is 19.1 Å². The second-order valence-corrected chi connectivity index (χ2v) is 5.56. The number of rotatable bonds is 4. The lowest BCUT2D eigenvalue weighted by molar-refractivity contribution is -0.139. The summed E-state index contributed by atoms with van der Waals surface area (Å²) in [6, 6.07) is 0.466. The summed E-state index contributed by atoms with van der Waals surface area (Å²) in [5, 5.41) is 3.28. The maximum absolute atomic E-state index is 12.5. The quantitative estimate of drug-likeness (QED) is 0.790. The van der Waals surface area contributed by atoms with Crippen molar-refractivity contribution in [3.63, 3.8) is 0 Å². The lowest BCUT2D eigenvalue weighted by atomic mass is 9.99. The van der Waals surface area contributed by atoms with Gasteiger partial charge in [0.05, 0.1) is 6.04 Å². The van der Waals surface area contributed by atoms with E-state index in [1.165, 1.54) is 6.42 Å². The molecule has 0 saturated carbocycles. The van der Waals surface area contributed by atoms with E-state index in [4.69, 9.17) is 0 Å². The second-order valence-electron chi connectivity index (χ2n) is 5.56. The molecule has 0 aromatic carbocycles. The summed E-state index contributed by atoms with van der Waals surface area (Å²) in [5.74, 6) is 0.636. The summed E-state index contributed by atoms with van der Waals surface area (Å²) in [4.78, 5) is 16.6. The highest BCUT2D eigenvalue weighted by Crippen LogP contribution is 2.16. The number of likely N-dealkylation sites (N-methyl/N-ethyl adjacent to an activating group) is 2. The number of likely N-dealkylation sites (tertiary alicyclic amines) is 1. The zero-order valence-electron chi connectivity index (χ0n) is 11.9. The Labute approximate surface area is 105 Å². The fourth-order valence-electron chi connectivity index (χ4n) is 2.70. The molecule has 2 atom stereocenters. The molecule has 1 saturated heterocycles. The van der Waals surface area contributed by atoms with E-state index in [9.17, 15) is 4.79 Å². The Hall–Kier alpha value is -0.610. The Morgan fingerprint density at radius 3 is 2.53 bits per heavy atom. The minimum absolute atomic E-state index is 0.00519. The summed E-state index contributed by atoms with van der Waals surface area (Å²) in [6.45, 7) is 5.99. The van der Waals surface area contributed by atoms with Gasteiger partial charge in [0.2, 0.25) is 5.91 Å². The van der Waals surface area contributed by atoms with Crippen molar-refractivity contribution in [2.45, 2.75) is 38.8 Å². The molecule has 0 aliphatic carbocycles. The standard InChI is InChI=1S/C13H27N3O/c1-10(2)12(15(4)5)13(17)16-8-6-7-11(9-16)14-3/h10-12,14H,6-9H2,1-5H3/t11?,12-/m1/s1. The van der Waals surface area contributed by atoms with Gasteiger partial charge in [-0.3, -0.25) is 9.69 Å². The van der Waals surface area contributed by atoms with Gasteiger partial charge in [-0.1, -0.05) is 13.8 Å². The Balaban J connectivity index is 2.67. The largest absolute Gasteiger partial charge is 0.340 e. The van der Waals surface area contributed by atoms with Crippen LogP contribution in [0.15, 0.2) is 0 Å². The van der Waals surface area contributed by atoms with E-state index in [1.54, 1.807) is 0 Å². The number of piperidine rings is 1. The van der Waals surface area contributed by atoms with Gasteiger partial charge in [-0.2, -0.15) is 0 Å². The summed E-state index contributed by atoms with van der Waals surface area (Å²) < 4.78 is 0.